The van der Waals surface area contributed by atoms with E-state index in [1.54, 1.807) is 12.3 Å². The number of anilines is 2. The van der Waals surface area contributed by atoms with Crippen LogP contribution in [0, 0.1) is 0 Å². The second-order valence-electron chi connectivity index (χ2n) is 6.61. The summed E-state index contributed by atoms with van der Waals surface area (Å²) in [5, 5.41) is 33.0. The second kappa shape index (κ2) is 7.72. The van der Waals surface area contributed by atoms with E-state index >= 15 is 0 Å². The van der Waals surface area contributed by atoms with Crippen molar-refractivity contribution in [2.24, 2.45) is 0 Å². The van der Waals surface area contributed by atoms with Crippen LogP contribution >= 0.6 is 0 Å². The van der Waals surface area contributed by atoms with Crippen molar-refractivity contribution in [3.8, 4) is 5.75 Å². The maximum Gasteiger partial charge on any atom is 0.573 e. The third-order valence-corrected chi connectivity index (χ3v) is 4.65. The van der Waals surface area contributed by atoms with Gasteiger partial charge in [-0.25, -0.2) is 9.97 Å². The van der Waals surface area contributed by atoms with Crippen molar-refractivity contribution in [2.75, 3.05) is 11.9 Å². The molecule has 4 atom stereocenters. The number of alkyl halides is 3. The van der Waals surface area contributed by atoms with Crippen LogP contribution in [0.4, 0.5) is 24.7 Å². The number of nitrogens with zero attached hydrogens (tertiary/aromatic N) is 3. The van der Waals surface area contributed by atoms with Gasteiger partial charge in [-0.15, -0.1) is 13.2 Å². The Balaban J connectivity index is 1.58. The quantitative estimate of drug-likeness (QED) is 0.486. The van der Waals surface area contributed by atoms with Crippen molar-refractivity contribution in [1.82, 2.24) is 14.5 Å². The first-order chi connectivity index (χ1) is 14.3. The molecule has 0 bridgehead atoms. The SMILES string of the molecule is OC[C@H]1O[C@@H](n2ccc3c(Nc4ccc(OC(F)(F)F)cc4)ncnc32)[C@H](O)[C@@H]1O. The van der Waals surface area contributed by atoms with E-state index in [0.717, 1.165) is 0 Å². The number of nitrogens with one attached hydrogen (secondary N) is 1. The van der Waals surface area contributed by atoms with E-state index in [9.17, 15) is 28.5 Å². The van der Waals surface area contributed by atoms with Gasteiger partial charge in [0.1, 0.15) is 41.9 Å². The molecule has 3 heterocycles. The van der Waals surface area contributed by atoms with Crippen LogP contribution in [0.2, 0.25) is 0 Å². The summed E-state index contributed by atoms with van der Waals surface area (Å²) >= 11 is 0. The van der Waals surface area contributed by atoms with E-state index in [1.165, 1.54) is 35.2 Å². The van der Waals surface area contributed by atoms with Crippen LogP contribution < -0.4 is 10.1 Å². The topological polar surface area (TPSA) is 122 Å². The number of fused-ring (bicyclic) bond motifs is 1. The molecule has 0 radical (unpaired) electrons. The first-order valence-corrected chi connectivity index (χ1v) is 8.83. The van der Waals surface area contributed by atoms with Gasteiger partial charge in [-0.1, -0.05) is 0 Å². The summed E-state index contributed by atoms with van der Waals surface area (Å²) in [6.07, 6.45) is -6.34. The Morgan fingerprint density at radius 2 is 1.83 bits per heavy atom. The summed E-state index contributed by atoms with van der Waals surface area (Å²) in [6, 6.07) is 6.79. The number of benzene rings is 1. The Hall–Kier alpha value is -2.93. The second-order valence-corrected chi connectivity index (χ2v) is 6.61. The number of hydrogen-bond donors (Lipinski definition) is 4. The standard InChI is InChI=1S/C18H17F3N4O5/c19-18(20,21)30-10-3-1-9(2-4-10)24-15-11-5-6-25(16(11)23-8-22-15)17-14(28)13(27)12(7-26)29-17/h1-6,8,12-14,17,26-28H,7H2,(H,22,23,24)/t12-,13-,14-,17-/m1/s1. The summed E-state index contributed by atoms with van der Waals surface area (Å²) in [7, 11) is 0. The van der Waals surface area contributed by atoms with Crippen LogP contribution in [-0.2, 0) is 4.74 Å². The third kappa shape index (κ3) is 3.89. The highest BCUT2D eigenvalue weighted by molar-refractivity contribution is 5.89. The molecule has 1 fully saturated rings. The molecule has 0 saturated carbocycles. The monoisotopic (exact) mass is 426 g/mol. The number of aliphatic hydroxyl groups is 3. The van der Waals surface area contributed by atoms with E-state index < -0.39 is 37.5 Å². The molecular formula is C18H17F3N4O5. The Bertz CT molecular complexity index is 1030. The van der Waals surface area contributed by atoms with E-state index in [0.29, 0.717) is 22.5 Å². The molecule has 1 aliphatic rings. The summed E-state index contributed by atoms with van der Waals surface area (Å²) < 4.78 is 47.7. The predicted octanol–water partition coefficient (Wildman–Crippen LogP) is 1.68. The Labute approximate surface area is 167 Å². The number of ether oxygens (including phenoxy) is 2. The fraction of sp³-hybridized carbons (Fsp3) is 0.333. The molecule has 1 saturated heterocycles. The normalized spacial score (nSPS) is 24.3. The van der Waals surface area contributed by atoms with Crippen LogP contribution in [0.25, 0.3) is 11.0 Å². The zero-order valence-electron chi connectivity index (χ0n) is 15.2. The predicted molar refractivity (Wildman–Crippen MR) is 96.9 cm³/mol. The van der Waals surface area contributed by atoms with Gasteiger partial charge in [0.2, 0.25) is 0 Å². The minimum absolute atomic E-state index is 0.351. The molecule has 30 heavy (non-hydrogen) atoms. The van der Waals surface area contributed by atoms with Crippen molar-refractivity contribution in [3.63, 3.8) is 0 Å². The van der Waals surface area contributed by atoms with Gasteiger partial charge in [-0.2, -0.15) is 0 Å². The fourth-order valence-electron chi connectivity index (χ4n) is 3.26. The van der Waals surface area contributed by atoms with E-state index in [4.69, 9.17) is 4.74 Å². The maximum atomic E-state index is 12.3. The highest BCUT2D eigenvalue weighted by Gasteiger charge is 2.43. The lowest BCUT2D eigenvalue weighted by atomic mass is 10.1. The van der Waals surface area contributed by atoms with Crippen molar-refractivity contribution < 1.29 is 38.0 Å². The van der Waals surface area contributed by atoms with Crippen LogP contribution in [0.1, 0.15) is 6.23 Å². The Morgan fingerprint density at radius 1 is 1.10 bits per heavy atom. The molecule has 12 heteroatoms. The molecule has 1 aliphatic heterocycles. The van der Waals surface area contributed by atoms with E-state index in [2.05, 4.69) is 20.0 Å². The molecular weight excluding hydrogens is 409 g/mol. The zero-order valence-corrected chi connectivity index (χ0v) is 15.2. The smallest absolute Gasteiger partial charge is 0.406 e. The molecule has 1 aromatic carbocycles. The lowest BCUT2D eigenvalue weighted by molar-refractivity contribution is -0.274. The summed E-state index contributed by atoms with van der Waals surface area (Å²) in [4.78, 5) is 8.33. The lowest BCUT2D eigenvalue weighted by Gasteiger charge is -2.17. The van der Waals surface area contributed by atoms with Crippen LogP contribution in [-0.4, -0.2) is 61.1 Å². The number of hydrogen-bond acceptors (Lipinski definition) is 8. The summed E-state index contributed by atoms with van der Waals surface area (Å²) in [6.45, 7) is -0.455. The maximum absolute atomic E-state index is 12.3. The van der Waals surface area contributed by atoms with Gasteiger partial charge < -0.3 is 34.7 Å². The van der Waals surface area contributed by atoms with Gasteiger partial charge in [0.15, 0.2) is 6.23 Å². The molecule has 3 aromatic rings. The van der Waals surface area contributed by atoms with Crippen molar-refractivity contribution in [3.05, 3.63) is 42.9 Å². The number of rotatable bonds is 5. The van der Waals surface area contributed by atoms with Gasteiger partial charge in [0.25, 0.3) is 0 Å². The molecule has 4 N–H and O–H groups in total. The third-order valence-electron chi connectivity index (χ3n) is 4.65. The first kappa shape index (κ1) is 20.3. The van der Waals surface area contributed by atoms with Crippen molar-refractivity contribution >= 4 is 22.5 Å². The van der Waals surface area contributed by atoms with Gasteiger partial charge in [0.05, 0.1) is 12.0 Å². The van der Waals surface area contributed by atoms with Gasteiger partial charge in [-0.05, 0) is 30.3 Å². The van der Waals surface area contributed by atoms with Gasteiger partial charge in [-0.3, -0.25) is 0 Å². The highest BCUT2D eigenvalue weighted by Crippen LogP contribution is 2.34. The van der Waals surface area contributed by atoms with Crippen LogP contribution in [0.3, 0.4) is 0 Å². The molecule has 0 unspecified atom stereocenters. The van der Waals surface area contributed by atoms with Gasteiger partial charge >= 0.3 is 6.36 Å². The summed E-state index contributed by atoms with van der Waals surface area (Å²) in [5.41, 5.74) is 0.851. The zero-order chi connectivity index (χ0) is 21.5. The molecule has 0 aliphatic carbocycles. The largest absolute Gasteiger partial charge is 0.573 e. The highest BCUT2D eigenvalue weighted by atomic mass is 19.4. The average molecular weight is 426 g/mol. The molecule has 4 rings (SSSR count). The number of aromatic nitrogens is 3. The van der Waals surface area contributed by atoms with Crippen LogP contribution in [0.15, 0.2) is 42.9 Å². The van der Waals surface area contributed by atoms with Crippen molar-refractivity contribution in [1.29, 1.82) is 0 Å². The molecule has 0 amide bonds. The first-order valence-electron chi connectivity index (χ1n) is 8.83. The van der Waals surface area contributed by atoms with E-state index in [-0.39, 0.29) is 5.75 Å². The average Bonchev–Trinajstić information content (AvgIpc) is 3.24. The minimum Gasteiger partial charge on any atom is -0.406 e. The van der Waals surface area contributed by atoms with E-state index in [1.807, 2.05) is 0 Å². The van der Waals surface area contributed by atoms with Crippen LogP contribution in [0.5, 0.6) is 5.75 Å². The lowest BCUT2D eigenvalue weighted by Crippen LogP contribution is -2.33. The molecule has 9 nitrogen and oxygen atoms in total. The number of halogens is 3. The molecule has 2 aromatic heterocycles. The summed E-state index contributed by atoms with van der Waals surface area (Å²) in [5.74, 6) is 0.0198. The number of aliphatic hydroxyl groups excluding tert-OH is 3. The van der Waals surface area contributed by atoms with Crippen molar-refractivity contribution in [2.45, 2.75) is 30.9 Å². The van der Waals surface area contributed by atoms with Gasteiger partial charge in [0, 0.05) is 11.9 Å². The minimum atomic E-state index is -4.77. The Kier molecular flexibility index (Phi) is 5.24. The molecule has 160 valence electrons. The molecule has 0 spiro atoms. The Morgan fingerprint density at radius 3 is 2.47 bits per heavy atom. The fourth-order valence-corrected chi connectivity index (χ4v) is 3.26.